The van der Waals surface area contributed by atoms with Gasteiger partial charge in [0.2, 0.25) is 11.8 Å². The molecule has 1 fully saturated rings. The Morgan fingerprint density at radius 1 is 1.08 bits per heavy atom. The van der Waals surface area contributed by atoms with Crippen molar-refractivity contribution in [1.29, 1.82) is 0 Å². The number of benzene rings is 1. The maximum absolute atomic E-state index is 5.73. The highest BCUT2D eigenvalue weighted by molar-refractivity contribution is 5.51. The zero-order valence-corrected chi connectivity index (χ0v) is 13.9. The molecule has 1 atom stereocenters. The lowest BCUT2D eigenvalue weighted by Gasteiger charge is -2.25. The molecule has 3 aromatic rings. The zero-order valence-electron chi connectivity index (χ0n) is 13.9. The monoisotopic (exact) mass is 336 g/mol. The summed E-state index contributed by atoms with van der Waals surface area (Å²) < 4.78 is 5.73. The molecular weight excluding hydrogens is 316 g/mol. The fraction of sp³-hybridized carbons (Fsp3) is 0.333. The molecule has 0 spiro atoms. The summed E-state index contributed by atoms with van der Waals surface area (Å²) >= 11 is 0. The molecule has 2 aromatic heterocycles. The molecule has 1 unspecified atom stereocenters. The average molecular weight is 336 g/mol. The van der Waals surface area contributed by atoms with Gasteiger partial charge in [-0.25, -0.2) is 0 Å². The van der Waals surface area contributed by atoms with E-state index in [4.69, 9.17) is 4.42 Å². The fourth-order valence-electron chi connectivity index (χ4n) is 3.16. The van der Waals surface area contributed by atoms with Crippen molar-refractivity contribution >= 4 is 5.82 Å². The molecule has 1 aliphatic heterocycles. The van der Waals surface area contributed by atoms with Crippen molar-refractivity contribution in [3.63, 3.8) is 0 Å². The molecule has 1 aliphatic rings. The van der Waals surface area contributed by atoms with Crippen molar-refractivity contribution in [3.05, 3.63) is 54.6 Å². The molecule has 25 heavy (non-hydrogen) atoms. The number of nitrogens with zero attached hydrogens (tertiary/aromatic N) is 5. The van der Waals surface area contributed by atoms with Crippen LogP contribution >= 0.6 is 0 Å². The van der Waals surface area contributed by atoms with Gasteiger partial charge >= 0.3 is 0 Å². The van der Waals surface area contributed by atoms with E-state index in [1.807, 2.05) is 42.5 Å². The summed E-state index contributed by atoms with van der Waals surface area (Å²) in [6.07, 6.45) is 4.01. The summed E-state index contributed by atoms with van der Waals surface area (Å²) in [6.45, 7) is 2.42. The van der Waals surface area contributed by atoms with Crippen LogP contribution < -0.4 is 10.2 Å². The molecular formula is C18H20N6O. The molecule has 0 radical (unpaired) electrons. The van der Waals surface area contributed by atoms with Crippen molar-refractivity contribution in [2.45, 2.75) is 25.4 Å². The van der Waals surface area contributed by atoms with E-state index in [9.17, 15) is 0 Å². The van der Waals surface area contributed by atoms with Gasteiger partial charge in [0.1, 0.15) is 0 Å². The van der Waals surface area contributed by atoms with Crippen LogP contribution in [0.15, 0.2) is 53.1 Å². The highest BCUT2D eigenvalue weighted by Gasteiger charge is 2.25. The molecule has 7 nitrogen and oxygen atoms in total. The van der Waals surface area contributed by atoms with E-state index in [0.29, 0.717) is 24.4 Å². The quantitative estimate of drug-likeness (QED) is 0.739. The van der Waals surface area contributed by atoms with Crippen LogP contribution in [0.1, 0.15) is 18.7 Å². The van der Waals surface area contributed by atoms with E-state index in [0.717, 1.165) is 30.9 Å². The summed E-state index contributed by atoms with van der Waals surface area (Å²) in [7, 11) is 0. The third-order valence-electron chi connectivity index (χ3n) is 4.37. The minimum atomic E-state index is 0.410. The van der Waals surface area contributed by atoms with Crippen molar-refractivity contribution in [1.82, 2.24) is 25.7 Å². The van der Waals surface area contributed by atoms with Gasteiger partial charge in [-0.3, -0.25) is 0 Å². The summed E-state index contributed by atoms with van der Waals surface area (Å²) in [4.78, 5) is 2.31. The Hall–Kier alpha value is -2.80. The number of nitrogens with one attached hydrogen (secondary N) is 1. The van der Waals surface area contributed by atoms with E-state index in [1.165, 1.54) is 6.42 Å². The first-order valence-corrected chi connectivity index (χ1v) is 8.53. The third-order valence-corrected chi connectivity index (χ3v) is 4.37. The largest absolute Gasteiger partial charge is 0.419 e. The van der Waals surface area contributed by atoms with Crippen LogP contribution in [0.25, 0.3) is 11.5 Å². The van der Waals surface area contributed by atoms with Crippen LogP contribution in [0, 0.1) is 0 Å². The third kappa shape index (κ3) is 3.66. The molecule has 0 bridgehead atoms. The number of anilines is 1. The highest BCUT2D eigenvalue weighted by Crippen LogP contribution is 2.22. The van der Waals surface area contributed by atoms with Gasteiger partial charge in [-0.15, -0.1) is 15.3 Å². The van der Waals surface area contributed by atoms with Crippen molar-refractivity contribution < 1.29 is 4.42 Å². The molecule has 1 aromatic carbocycles. The Kier molecular flexibility index (Phi) is 4.65. The van der Waals surface area contributed by atoms with Gasteiger partial charge in [0.25, 0.3) is 0 Å². The lowest BCUT2D eigenvalue weighted by molar-refractivity contribution is 0.465. The standard InChI is InChI=1S/C18H20N6O/c1-2-6-14(7-3-1)18-23-22-17(25-18)13-19-12-15-8-5-11-24(15)16-9-4-10-20-21-16/h1-4,6-7,9-10,15,19H,5,8,11-13H2. The van der Waals surface area contributed by atoms with Gasteiger partial charge < -0.3 is 14.6 Å². The van der Waals surface area contributed by atoms with Crippen LogP contribution in [0.4, 0.5) is 5.82 Å². The summed E-state index contributed by atoms with van der Waals surface area (Å²) in [5, 5.41) is 19.9. The molecule has 0 amide bonds. The minimum absolute atomic E-state index is 0.410. The topological polar surface area (TPSA) is 80.0 Å². The lowest BCUT2D eigenvalue weighted by atomic mass is 10.2. The SMILES string of the molecule is c1ccc(-c2nnc(CNCC3CCCN3c3cccnn3)o2)cc1. The minimum Gasteiger partial charge on any atom is -0.419 e. The maximum Gasteiger partial charge on any atom is 0.247 e. The molecule has 128 valence electrons. The Morgan fingerprint density at radius 2 is 2.00 bits per heavy atom. The Bertz CT molecular complexity index is 792. The molecule has 0 saturated carbocycles. The van der Waals surface area contributed by atoms with Crippen LogP contribution in [0.5, 0.6) is 0 Å². The van der Waals surface area contributed by atoms with Crippen LogP contribution in [0.3, 0.4) is 0 Å². The van der Waals surface area contributed by atoms with E-state index < -0.39 is 0 Å². The highest BCUT2D eigenvalue weighted by atomic mass is 16.4. The fourth-order valence-corrected chi connectivity index (χ4v) is 3.16. The predicted octanol–water partition coefficient (Wildman–Crippen LogP) is 2.29. The van der Waals surface area contributed by atoms with E-state index in [-0.39, 0.29) is 0 Å². The van der Waals surface area contributed by atoms with E-state index in [2.05, 4.69) is 30.6 Å². The maximum atomic E-state index is 5.73. The second-order valence-corrected chi connectivity index (χ2v) is 6.07. The first-order chi connectivity index (χ1) is 12.4. The second kappa shape index (κ2) is 7.40. The summed E-state index contributed by atoms with van der Waals surface area (Å²) in [6, 6.07) is 14.1. The Labute approximate surface area is 146 Å². The average Bonchev–Trinajstić information content (AvgIpc) is 3.33. The first kappa shape index (κ1) is 15.7. The lowest BCUT2D eigenvalue weighted by Crippen LogP contribution is -2.38. The molecule has 1 saturated heterocycles. The van der Waals surface area contributed by atoms with Gasteiger partial charge in [0.15, 0.2) is 5.82 Å². The van der Waals surface area contributed by atoms with Gasteiger partial charge in [0, 0.05) is 30.9 Å². The predicted molar refractivity (Wildman–Crippen MR) is 93.8 cm³/mol. The summed E-state index contributed by atoms with van der Waals surface area (Å²) in [5.41, 5.74) is 0.936. The van der Waals surface area contributed by atoms with Gasteiger partial charge in [0.05, 0.1) is 6.54 Å². The number of rotatable bonds is 6. The Morgan fingerprint density at radius 3 is 2.84 bits per heavy atom. The second-order valence-electron chi connectivity index (χ2n) is 6.07. The van der Waals surface area contributed by atoms with E-state index >= 15 is 0 Å². The molecule has 7 heteroatoms. The van der Waals surface area contributed by atoms with Crippen LogP contribution in [-0.2, 0) is 6.54 Å². The Balaban J connectivity index is 1.33. The first-order valence-electron chi connectivity index (χ1n) is 8.53. The van der Waals surface area contributed by atoms with Crippen LogP contribution in [0.2, 0.25) is 0 Å². The molecule has 0 aliphatic carbocycles. The molecule has 3 heterocycles. The number of aromatic nitrogens is 4. The van der Waals surface area contributed by atoms with Gasteiger partial charge in [-0.1, -0.05) is 18.2 Å². The smallest absolute Gasteiger partial charge is 0.247 e. The number of hydrogen-bond acceptors (Lipinski definition) is 7. The van der Waals surface area contributed by atoms with Crippen molar-refractivity contribution in [2.75, 3.05) is 18.0 Å². The van der Waals surface area contributed by atoms with Crippen LogP contribution in [-0.4, -0.2) is 39.5 Å². The van der Waals surface area contributed by atoms with Crippen molar-refractivity contribution in [3.8, 4) is 11.5 Å². The van der Waals surface area contributed by atoms with E-state index in [1.54, 1.807) is 6.20 Å². The van der Waals surface area contributed by atoms with Gasteiger partial charge in [-0.2, -0.15) is 5.10 Å². The molecule has 4 rings (SSSR count). The van der Waals surface area contributed by atoms with Crippen molar-refractivity contribution in [2.24, 2.45) is 0 Å². The molecule has 1 N–H and O–H groups in total. The number of hydrogen-bond donors (Lipinski definition) is 1. The summed E-state index contributed by atoms with van der Waals surface area (Å²) in [5.74, 6) is 2.10. The zero-order chi connectivity index (χ0) is 16.9. The normalized spacial score (nSPS) is 17.1. The van der Waals surface area contributed by atoms with Gasteiger partial charge in [-0.05, 0) is 37.1 Å².